The molecule has 0 aliphatic carbocycles. The van der Waals surface area contributed by atoms with E-state index in [2.05, 4.69) is 56.3 Å². The van der Waals surface area contributed by atoms with Crippen molar-refractivity contribution < 1.29 is 0 Å². The average Bonchev–Trinajstić information content (AvgIpc) is 2.36. The van der Waals surface area contributed by atoms with Gasteiger partial charge in [-0.15, -0.1) is 0 Å². The van der Waals surface area contributed by atoms with E-state index in [1.807, 2.05) is 6.08 Å². The molecule has 1 aromatic rings. The van der Waals surface area contributed by atoms with Crippen molar-refractivity contribution in [3.05, 3.63) is 71.5 Å². The SMILES string of the molecule is C/C=C(/C=C(C)\C=C/N)CCc1ccccc1. The molecule has 0 heterocycles. The fraction of sp³-hybridized carbons (Fsp3) is 0.250. The lowest BCUT2D eigenvalue weighted by Gasteiger charge is -2.03. The molecule has 0 aliphatic rings. The third-order valence-electron chi connectivity index (χ3n) is 2.69. The second kappa shape index (κ2) is 7.50. The van der Waals surface area contributed by atoms with Crippen LogP contribution in [0.2, 0.25) is 0 Å². The molecule has 17 heavy (non-hydrogen) atoms. The first-order valence-corrected chi connectivity index (χ1v) is 6.02. The Labute approximate surface area is 104 Å². The first-order valence-electron chi connectivity index (χ1n) is 6.02. The summed E-state index contributed by atoms with van der Waals surface area (Å²) in [7, 11) is 0. The zero-order valence-electron chi connectivity index (χ0n) is 10.7. The summed E-state index contributed by atoms with van der Waals surface area (Å²) in [5.41, 5.74) is 9.29. The van der Waals surface area contributed by atoms with E-state index in [4.69, 9.17) is 5.73 Å². The number of allylic oxidation sites excluding steroid dienone is 5. The van der Waals surface area contributed by atoms with Gasteiger partial charge in [0.2, 0.25) is 0 Å². The monoisotopic (exact) mass is 227 g/mol. The summed E-state index contributed by atoms with van der Waals surface area (Å²) < 4.78 is 0. The minimum absolute atomic E-state index is 1.07. The van der Waals surface area contributed by atoms with Crippen LogP contribution in [0.3, 0.4) is 0 Å². The van der Waals surface area contributed by atoms with Gasteiger partial charge in [0.1, 0.15) is 0 Å². The molecule has 1 nitrogen and oxygen atoms in total. The van der Waals surface area contributed by atoms with Crippen LogP contribution in [0.25, 0.3) is 0 Å². The molecule has 2 N–H and O–H groups in total. The van der Waals surface area contributed by atoms with Gasteiger partial charge in [-0.05, 0) is 50.1 Å². The van der Waals surface area contributed by atoms with Gasteiger partial charge in [-0.1, -0.05) is 48.1 Å². The quantitative estimate of drug-likeness (QED) is 0.756. The number of hydrogen-bond donors (Lipinski definition) is 1. The van der Waals surface area contributed by atoms with Crippen molar-refractivity contribution in [1.29, 1.82) is 0 Å². The van der Waals surface area contributed by atoms with E-state index in [1.54, 1.807) is 6.20 Å². The van der Waals surface area contributed by atoms with E-state index in [0.717, 1.165) is 12.8 Å². The molecule has 0 amide bonds. The average molecular weight is 227 g/mol. The Morgan fingerprint density at radius 2 is 1.94 bits per heavy atom. The van der Waals surface area contributed by atoms with E-state index in [-0.39, 0.29) is 0 Å². The molecule has 0 fully saturated rings. The van der Waals surface area contributed by atoms with Crippen molar-refractivity contribution in [1.82, 2.24) is 0 Å². The molecule has 1 rings (SSSR count). The standard InChI is InChI=1S/C16H21N/c1-3-15(13-14(2)11-12-17)9-10-16-7-5-4-6-8-16/h3-8,11-13H,9-10,17H2,1-2H3/b12-11-,14-13-,15-3+. The molecule has 0 spiro atoms. The van der Waals surface area contributed by atoms with Gasteiger partial charge in [0.25, 0.3) is 0 Å². The predicted molar refractivity (Wildman–Crippen MR) is 75.6 cm³/mol. The Balaban J connectivity index is 2.58. The Kier molecular flexibility index (Phi) is 5.87. The van der Waals surface area contributed by atoms with E-state index < -0.39 is 0 Å². The van der Waals surface area contributed by atoms with Crippen LogP contribution < -0.4 is 5.73 Å². The fourth-order valence-electron chi connectivity index (χ4n) is 1.73. The zero-order valence-corrected chi connectivity index (χ0v) is 10.7. The summed E-state index contributed by atoms with van der Waals surface area (Å²) in [6.07, 6.45) is 10.00. The van der Waals surface area contributed by atoms with Crippen LogP contribution in [0.5, 0.6) is 0 Å². The van der Waals surface area contributed by atoms with Crippen LogP contribution in [0.15, 0.2) is 65.9 Å². The maximum atomic E-state index is 5.37. The number of benzene rings is 1. The lowest BCUT2D eigenvalue weighted by atomic mass is 10.0. The molecular weight excluding hydrogens is 206 g/mol. The summed E-state index contributed by atoms with van der Waals surface area (Å²) >= 11 is 0. The largest absolute Gasteiger partial charge is 0.405 e. The van der Waals surface area contributed by atoms with Crippen LogP contribution in [-0.2, 0) is 6.42 Å². The van der Waals surface area contributed by atoms with Crippen molar-refractivity contribution in [2.75, 3.05) is 0 Å². The summed E-state index contributed by atoms with van der Waals surface area (Å²) in [6.45, 7) is 4.14. The van der Waals surface area contributed by atoms with Crippen LogP contribution in [-0.4, -0.2) is 0 Å². The smallest absolute Gasteiger partial charge is 0.00597 e. The molecule has 0 radical (unpaired) electrons. The van der Waals surface area contributed by atoms with Crippen LogP contribution >= 0.6 is 0 Å². The predicted octanol–water partition coefficient (Wildman–Crippen LogP) is 3.98. The highest BCUT2D eigenvalue weighted by Gasteiger charge is 1.95. The molecule has 90 valence electrons. The van der Waals surface area contributed by atoms with Crippen molar-refractivity contribution >= 4 is 0 Å². The third kappa shape index (κ3) is 5.21. The number of nitrogens with two attached hydrogens (primary N) is 1. The van der Waals surface area contributed by atoms with Gasteiger partial charge in [0.05, 0.1) is 0 Å². The van der Waals surface area contributed by atoms with Crippen LogP contribution in [0.1, 0.15) is 25.8 Å². The topological polar surface area (TPSA) is 26.0 Å². The van der Waals surface area contributed by atoms with Gasteiger partial charge in [0.15, 0.2) is 0 Å². The highest BCUT2D eigenvalue weighted by atomic mass is 14.5. The maximum Gasteiger partial charge on any atom is -0.00597 e. The second-order valence-electron chi connectivity index (χ2n) is 4.10. The lowest BCUT2D eigenvalue weighted by Crippen LogP contribution is -1.88. The Bertz CT molecular complexity index is 410. The molecule has 0 aromatic heterocycles. The summed E-state index contributed by atoms with van der Waals surface area (Å²) in [4.78, 5) is 0. The molecule has 0 unspecified atom stereocenters. The van der Waals surface area contributed by atoms with E-state index in [9.17, 15) is 0 Å². The summed E-state index contributed by atoms with van der Waals surface area (Å²) in [5, 5.41) is 0. The Morgan fingerprint density at radius 3 is 2.53 bits per heavy atom. The number of aryl methyl sites for hydroxylation is 1. The van der Waals surface area contributed by atoms with Crippen molar-refractivity contribution in [2.45, 2.75) is 26.7 Å². The van der Waals surface area contributed by atoms with Crippen molar-refractivity contribution in [2.24, 2.45) is 5.73 Å². The van der Waals surface area contributed by atoms with E-state index in [0.29, 0.717) is 0 Å². The molecule has 0 aliphatic heterocycles. The molecule has 0 bridgehead atoms. The first kappa shape index (κ1) is 13.3. The van der Waals surface area contributed by atoms with Gasteiger partial charge < -0.3 is 5.73 Å². The first-order chi connectivity index (χ1) is 8.26. The number of hydrogen-bond acceptors (Lipinski definition) is 1. The highest BCUT2D eigenvalue weighted by molar-refractivity contribution is 5.29. The normalized spacial score (nSPS) is 13.3. The molecule has 0 saturated carbocycles. The van der Waals surface area contributed by atoms with E-state index in [1.165, 1.54) is 16.7 Å². The van der Waals surface area contributed by atoms with Gasteiger partial charge >= 0.3 is 0 Å². The summed E-state index contributed by atoms with van der Waals surface area (Å²) in [5.74, 6) is 0. The van der Waals surface area contributed by atoms with Crippen LogP contribution in [0, 0.1) is 0 Å². The van der Waals surface area contributed by atoms with Gasteiger partial charge in [0, 0.05) is 0 Å². The molecule has 0 atom stereocenters. The number of rotatable bonds is 5. The zero-order chi connectivity index (χ0) is 12.5. The fourth-order valence-corrected chi connectivity index (χ4v) is 1.73. The molecule has 1 heteroatoms. The Hall–Kier alpha value is -1.76. The van der Waals surface area contributed by atoms with Crippen molar-refractivity contribution in [3.63, 3.8) is 0 Å². The minimum Gasteiger partial charge on any atom is -0.405 e. The van der Waals surface area contributed by atoms with Crippen LogP contribution in [0.4, 0.5) is 0 Å². The second-order valence-corrected chi connectivity index (χ2v) is 4.10. The van der Waals surface area contributed by atoms with Crippen molar-refractivity contribution in [3.8, 4) is 0 Å². The Morgan fingerprint density at radius 1 is 1.24 bits per heavy atom. The molecule has 1 aromatic carbocycles. The summed E-state index contributed by atoms with van der Waals surface area (Å²) in [6, 6.07) is 10.6. The molecule has 0 saturated heterocycles. The van der Waals surface area contributed by atoms with Gasteiger partial charge in [-0.3, -0.25) is 0 Å². The van der Waals surface area contributed by atoms with Gasteiger partial charge in [-0.2, -0.15) is 0 Å². The minimum atomic E-state index is 1.07. The molecular formula is C16H21N. The van der Waals surface area contributed by atoms with E-state index >= 15 is 0 Å². The lowest BCUT2D eigenvalue weighted by molar-refractivity contribution is 0.960. The van der Waals surface area contributed by atoms with Gasteiger partial charge in [-0.25, -0.2) is 0 Å². The third-order valence-corrected chi connectivity index (χ3v) is 2.69. The highest BCUT2D eigenvalue weighted by Crippen LogP contribution is 2.12. The maximum absolute atomic E-state index is 5.37.